The molecule has 0 aromatic heterocycles. The van der Waals surface area contributed by atoms with E-state index in [1.165, 1.54) is 0 Å². The molecule has 4 N–H and O–H groups in total. The first-order chi connectivity index (χ1) is 8.60. The fourth-order valence-corrected chi connectivity index (χ4v) is 1.89. The van der Waals surface area contributed by atoms with Crippen LogP contribution in [0.15, 0.2) is 18.2 Å². The SMILES string of the molecule is C[C@@H](CN)NC(=O)c1ccc2c(c1)CCC(=O)N2. The molecule has 0 unspecified atom stereocenters. The summed E-state index contributed by atoms with van der Waals surface area (Å²) in [6.45, 7) is 2.27. The molecule has 0 saturated carbocycles. The Kier molecular flexibility index (Phi) is 3.62. The molecule has 0 saturated heterocycles. The molecule has 1 aliphatic rings. The number of nitrogens with two attached hydrogens (primary N) is 1. The van der Waals surface area contributed by atoms with E-state index in [-0.39, 0.29) is 17.9 Å². The number of hydrogen-bond acceptors (Lipinski definition) is 3. The Morgan fingerprint density at radius 3 is 3.00 bits per heavy atom. The third kappa shape index (κ3) is 2.68. The van der Waals surface area contributed by atoms with E-state index in [0.717, 1.165) is 11.3 Å². The molecule has 2 amide bonds. The molecule has 0 spiro atoms. The second-order valence-electron chi connectivity index (χ2n) is 4.53. The highest BCUT2D eigenvalue weighted by Gasteiger charge is 2.17. The number of carbonyl (C=O) groups excluding carboxylic acids is 2. The van der Waals surface area contributed by atoms with Gasteiger partial charge in [-0.05, 0) is 37.1 Å². The van der Waals surface area contributed by atoms with Crippen LogP contribution in [-0.2, 0) is 11.2 Å². The lowest BCUT2D eigenvalue weighted by Crippen LogP contribution is -2.37. The number of fused-ring (bicyclic) bond motifs is 1. The van der Waals surface area contributed by atoms with Crippen molar-refractivity contribution in [3.05, 3.63) is 29.3 Å². The van der Waals surface area contributed by atoms with Gasteiger partial charge in [-0.1, -0.05) is 0 Å². The molecule has 0 aliphatic carbocycles. The highest BCUT2D eigenvalue weighted by Crippen LogP contribution is 2.23. The third-order valence-corrected chi connectivity index (χ3v) is 2.99. The van der Waals surface area contributed by atoms with Gasteiger partial charge in [-0.15, -0.1) is 0 Å². The van der Waals surface area contributed by atoms with Crippen LogP contribution in [0.1, 0.15) is 29.3 Å². The Balaban J connectivity index is 2.16. The second-order valence-corrected chi connectivity index (χ2v) is 4.53. The summed E-state index contributed by atoms with van der Waals surface area (Å²) in [4.78, 5) is 23.1. The van der Waals surface area contributed by atoms with Gasteiger partial charge in [0.25, 0.3) is 5.91 Å². The highest BCUT2D eigenvalue weighted by molar-refractivity contribution is 5.98. The van der Waals surface area contributed by atoms with Crippen molar-refractivity contribution in [2.24, 2.45) is 5.73 Å². The van der Waals surface area contributed by atoms with Crippen molar-refractivity contribution >= 4 is 17.5 Å². The monoisotopic (exact) mass is 247 g/mol. The van der Waals surface area contributed by atoms with E-state index in [4.69, 9.17) is 5.73 Å². The Bertz CT molecular complexity index is 485. The van der Waals surface area contributed by atoms with Crippen molar-refractivity contribution < 1.29 is 9.59 Å². The molecule has 96 valence electrons. The normalized spacial score (nSPS) is 15.6. The summed E-state index contributed by atoms with van der Waals surface area (Å²) in [7, 11) is 0. The van der Waals surface area contributed by atoms with Crippen LogP contribution < -0.4 is 16.4 Å². The number of rotatable bonds is 3. The van der Waals surface area contributed by atoms with Gasteiger partial charge in [-0.2, -0.15) is 0 Å². The molecule has 2 rings (SSSR count). The van der Waals surface area contributed by atoms with Gasteiger partial charge in [0.1, 0.15) is 0 Å². The summed E-state index contributed by atoms with van der Waals surface area (Å²) >= 11 is 0. The average molecular weight is 247 g/mol. The maximum absolute atomic E-state index is 11.9. The van der Waals surface area contributed by atoms with Gasteiger partial charge in [0.2, 0.25) is 5.91 Å². The van der Waals surface area contributed by atoms with Gasteiger partial charge in [0, 0.05) is 30.3 Å². The summed E-state index contributed by atoms with van der Waals surface area (Å²) in [6, 6.07) is 5.26. The van der Waals surface area contributed by atoms with E-state index < -0.39 is 0 Å². The predicted octanol–water partition coefficient (Wildman–Crippen LogP) is 0.648. The van der Waals surface area contributed by atoms with Crippen LogP contribution >= 0.6 is 0 Å². The molecule has 1 aromatic carbocycles. The van der Waals surface area contributed by atoms with Crippen molar-refractivity contribution in [3.8, 4) is 0 Å². The zero-order valence-corrected chi connectivity index (χ0v) is 10.3. The molecule has 1 aliphatic heterocycles. The van der Waals surface area contributed by atoms with Crippen LogP contribution in [-0.4, -0.2) is 24.4 Å². The molecule has 1 aromatic rings. The molecule has 0 fully saturated rings. The van der Waals surface area contributed by atoms with Crippen molar-refractivity contribution in [3.63, 3.8) is 0 Å². The van der Waals surface area contributed by atoms with E-state index in [1.54, 1.807) is 12.1 Å². The highest BCUT2D eigenvalue weighted by atomic mass is 16.2. The number of carbonyl (C=O) groups is 2. The zero-order valence-electron chi connectivity index (χ0n) is 10.3. The van der Waals surface area contributed by atoms with Crippen LogP contribution in [0, 0.1) is 0 Å². The fourth-order valence-electron chi connectivity index (χ4n) is 1.89. The molecule has 5 heteroatoms. The number of nitrogens with one attached hydrogen (secondary N) is 2. The first kappa shape index (κ1) is 12.6. The van der Waals surface area contributed by atoms with E-state index >= 15 is 0 Å². The molecule has 1 heterocycles. The molecular formula is C13H17N3O2. The maximum Gasteiger partial charge on any atom is 0.251 e. The number of aryl methyl sites for hydroxylation is 1. The number of benzene rings is 1. The molecule has 1 atom stereocenters. The van der Waals surface area contributed by atoms with Gasteiger partial charge in [-0.25, -0.2) is 0 Å². The fraction of sp³-hybridized carbons (Fsp3) is 0.385. The summed E-state index contributed by atoms with van der Waals surface area (Å²) in [5.41, 5.74) is 7.87. The molecule has 0 radical (unpaired) electrons. The lowest BCUT2D eigenvalue weighted by molar-refractivity contribution is -0.116. The molecular weight excluding hydrogens is 230 g/mol. The van der Waals surface area contributed by atoms with Crippen LogP contribution in [0.2, 0.25) is 0 Å². The summed E-state index contributed by atoms with van der Waals surface area (Å²) in [6.07, 6.45) is 1.14. The van der Waals surface area contributed by atoms with Gasteiger partial charge in [0.15, 0.2) is 0 Å². The van der Waals surface area contributed by atoms with Crippen molar-refractivity contribution in [1.82, 2.24) is 5.32 Å². The minimum absolute atomic E-state index is 0.0245. The Hall–Kier alpha value is -1.88. The topological polar surface area (TPSA) is 84.2 Å². The van der Waals surface area contributed by atoms with E-state index in [2.05, 4.69) is 10.6 Å². The van der Waals surface area contributed by atoms with Crippen LogP contribution in [0.5, 0.6) is 0 Å². The molecule has 5 nitrogen and oxygen atoms in total. The third-order valence-electron chi connectivity index (χ3n) is 2.99. The lowest BCUT2D eigenvalue weighted by Gasteiger charge is -2.18. The van der Waals surface area contributed by atoms with Gasteiger partial charge in [-0.3, -0.25) is 9.59 Å². The van der Waals surface area contributed by atoms with E-state index in [0.29, 0.717) is 24.9 Å². The first-order valence-corrected chi connectivity index (χ1v) is 6.04. The summed E-state index contributed by atoms with van der Waals surface area (Å²) in [5, 5.41) is 5.60. The predicted molar refractivity (Wildman–Crippen MR) is 69.4 cm³/mol. The van der Waals surface area contributed by atoms with Crippen molar-refractivity contribution in [2.75, 3.05) is 11.9 Å². The van der Waals surface area contributed by atoms with Crippen LogP contribution in [0.3, 0.4) is 0 Å². The molecule has 18 heavy (non-hydrogen) atoms. The van der Waals surface area contributed by atoms with Gasteiger partial charge in [0.05, 0.1) is 0 Å². The van der Waals surface area contributed by atoms with Gasteiger partial charge < -0.3 is 16.4 Å². The maximum atomic E-state index is 11.9. The summed E-state index contributed by atoms with van der Waals surface area (Å²) in [5.74, 6) is -0.107. The largest absolute Gasteiger partial charge is 0.348 e. The Morgan fingerprint density at radius 1 is 1.50 bits per heavy atom. The number of hydrogen-bond donors (Lipinski definition) is 3. The minimum atomic E-state index is -0.132. The smallest absolute Gasteiger partial charge is 0.251 e. The quantitative estimate of drug-likeness (QED) is 0.733. The van der Waals surface area contributed by atoms with E-state index in [1.807, 2.05) is 13.0 Å². The minimum Gasteiger partial charge on any atom is -0.348 e. The Labute approximate surface area is 106 Å². The molecule has 0 bridgehead atoms. The van der Waals surface area contributed by atoms with Crippen molar-refractivity contribution in [1.29, 1.82) is 0 Å². The first-order valence-electron chi connectivity index (χ1n) is 6.04. The number of amides is 2. The van der Waals surface area contributed by atoms with E-state index in [9.17, 15) is 9.59 Å². The second kappa shape index (κ2) is 5.18. The van der Waals surface area contributed by atoms with Gasteiger partial charge >= 0.3 is 0 Å². The lowest BCUT2D eigenvalue weighted by atomic mass is 10.00. The van der Waals surface area contributed by atoms with Crippen molar-refractivity contribution in [2.45, 2.75) is 25.8 Å². The van der Waals surface area contributed by atoms with Crippen LogP contribution in [0.4, 0.5) is 5.69 Å². The zero-order chi connectivity index (χ0) is 13.1. The average Bonchev–Trinajstić information content (AvgIpc) is 2.37. The van der Waals surface area contributed by atoms with Crippen LogP contribution in [0.25, 0.3) is 0 Å². The summed E-state index contributed by atoms with van der Waals surface area (Å²) < 4.78 is 0. The Morgan fingerprint density at radius 2 is 2.28 bits per heavy atom. The standard InChI is InChI=1S/C13H17N3O2/c1-8(7-14)15-13(18)10-2-4-11-9(6-10)3-5-12(17)16-11/h2,4,6,8H,3,5,7,14H2,1H3,(H,15,18)(H,16,17)/t8-/m0/s1. The number of anilines is 1.